The third-order valence-electron chi connectivity index (χ3n) is 3.55. The number of benzene rings is 2. The van der Waals surface area contributed by atoms with Crippen molar-refractivity contribution in [2.75, 3.05) is 11.1 Å². The van der Waals surface area contributed by atoms with Crippen molar-refractivity contribution in [3.8, 4) is 0 Å². The molecule has 0 fully saturated rings. The summed E-state index contributed by atoms with van der Waals surface area (Å²) in [5.74, 6) is 0.0140. The summed E-state index contributed by atoms with van der Waals surface area (Å²) in [6.45, 7) is 1.94. The van der Waals surface area contributed by atoms with Crippen LogP contribution in [0.25, 0.3) is 0 Å². The van der Waals surface area contributed by atoms with Crippen LogP contribution in [0.2, 0.25) is 0 Å². The molecule has 0 spiro atoms. The molecule has 0 saturated heterocycles. The van der Waals surface area contributed by atoms with Crippen LogP contribution < -0.4 is 11.1 Å². The lowest BCUT2D eigenvalue weighted by Crippen LogP contribution is -2.24. The number of carbonyl (C=O) groups is 1. The summed E-state index contributed by atoms with van der Waals surface area (Å²) in [6.07, 6.45) is 0.769. The van der Waals surface area contributed by atoms with E-state index in [-0.39, 0.29) is 11.2 Å². The fourth-order valence-electron chi connectivity index (χ4n) is 2.33. The van der Waals surface area contributed by atoms with E-state index in [1.54, 1.807) is 17.8 Å². The number of nitrogens with one attached hydrogen (secondary N) is 1. The highest BCUT2D eigenvalue weighted by atomic mass is 79.9. The molecule has 1 unspecified atom stereocenters. The molecule has 1 heterocycles. The molecule has 1 aliphatic heterocycles. The van der Waals surface area contributed by atoms with Crippen molar-refractivity contribution >= 4 is 45.0 Å². The van der Waals surface area contributed by atoms with Crippen LogP contribution in [0.4, 0.5) is 11.4 Å². The van der Waals surface area contributed by atoms with Crippen LogP contribution in [0.3, 0.4) is 0 Å². The molecule has 0 radical (unpaired) electrons. The maximum Gasteiger partial charge on any atom is 0.238 e. The summed E-state index contributed by atoms with van der Waals surface area (Å²) in [4.78, 5) is 13.6. The highest BCUT2D eigenvalue weighted by Gasteiger charge is 2.28. The summed E-state index contributed by atoms with van der Waals surface area (Å²) in [5, 5.41) is 2.88. The Hall–Kier alpha value is -1.46. The molecule has 108 valence electrons. The van der Waals surface area contributed by atoms with Crippen molar-refractivity contribution in [2.45, 2.75) is 23.5 Å². The Kier molecular flexibility index (Phi) is 3.95. The van der Waals surface area contributed by atoms with Crippen LogP contribution in [-0.4, -0.2) is 11.2 Å². The van der Waals surface area contributed by atoms with Crippen molar-refractivity contribution in [3.05, 3.63) is 52.0 Å². The molecule has 1 atom stereocenters. The highest BCUT2D eigenvalue weighted by molar-refractivity contribution is 9.10. The van der Waals surface area contributed by atoms with E-state index in [0.29, 0.717) is 5.69 Å². The Morgan fingerprint density at radius 2 is 2.14 bits per heavy atom. The molecular weight excluding hydrogens is 348 g/mol. The normalized spacial score (nSPS) is 16.6. The quantitative estimate of drug-likeness (QED) is 0.794. The number of fused-ring (bicyclic) bond motifs is 1. The van der Waals surface area contributed by atoms with E-state index < -0.39 is 0 Å². The van der Waals surface area contributed by atoms with Gasteiger partial charge in [-0.2, -0.15) is 0 Å². The Morgan fingerprint density at radius 3 is 2.90 bits per heavy atom. The van der Waals surface area contributed by atoms with Crippen molar-refractivity contribution < 1.29 is 4.79 Å². The minimum atomic E-state index is -0.0863. The zero-order valence-corrected chi connectivity index (χ0v) is 13.9. The monoisotopic (exact) mass is 362 g/mol. The Bertz CT molecular complexity index is 692. The van der Waals surface area contributed by atoms with Crippen molar-refractivity contribution in [3.63, 3.8) is 0 Å². The number of amides is 1. The number of carbonyl (C=O) groups excluding carboxylic acids is 1. The molecule has 3 rings (SSSR count). The predicted molar refractivity (Wildman–Crippen MR) is 91.7 cm³/mol. The summed E-state index contributed by atoms with van der Waals surface area (Å²) < 4.78 is 0.850. The number of aryl methyl sites for hydroxylation is 1. The van der Waals surface area contributed by atoms with Gasteiger partial charge in [-0.15, -0.1) is 11.8 Å². The number of halogens is 1. The molecule has 5 heteroatoms. The number of nitrogens with two attached hydrogens (primary N) is 1. The lowest BCUT2D eigenvalue weighted by Gasteiger charge is -2.13. The molecule has 3 nitrogen and oxygen atoms in total. The van der Waals surface area contributed by atoms with Crippen LogP contribution >= 0.6 is 27.7 Å². The minimum Gasteiger partial charge on any atom is -0.398 e. The highest BCUT2D eigenvalue weighted by Crippen LogP contribution is 2.37. The summed E-state index contributed by atoms with van der Waals surface area (Å²) in [5.41, 5.74) is 9.54. The van der Waals surface area contributed by atoms with E-state index in [9.17, 15) is 4.79 Å². The lowest BCUT2D eigenvalue weighted by molar-refractivity contribution is -0.115. The molecule has 1 aliphatic rings. The maximum atomic E-state index is 12.4. The van der Waals surface area contributed by atoms with Gasteiger partial charge in [-0.1, -0.05) is 18.2 Å². The first-order valence-electron chi connectivity index (χ1n) is 6.65. The predicted octanol–water partition coefficient (Wildman–Crippen LogP) is 4.00. The number of rotatable bonds is 2. The summed E-state index contributed by atoms with van der Waals surface area (Å²) in [6, 6.07) is 11.9. The first kappa shape index (κ1) is 14.5. The van der Waals surface area contributed by atoms with Gasteiger partial charge in [0.1, 0.15) is 0 Å². The fraction of sp³-hybridized carbons (Fsp3) is 0.188. The van der Waals surface area contributed by atoms with Gasteiger partial charge in [0.15, 0.2) is 0 Å². The SMILES string of the molecule is Cc1cc(Br)c(NC(=O)C2Cc3ccccc3S2)cc1N. The second kappa shape index (κ2) is 5.73. The zero-order chi connectivity index (χ0) is 15.0. The molecule has 3 N–H and O–H groups in total. The van der Waals surface area contributed by atoms with Gasteiger partial charge >= 0.3 is 0 Å². The number of anilines is 2. The van der Waals surface area contributed by atoms with E-state index in [4.69, 9.17) is 5.73 Å². The maximum absolute atomic E-state index is 12.4. The third kappa shape index (κ3) is 2.94. The average Bonchev–Trinajstić information content (AvgIpc) is 2.88. The van der Waals surface area contributed by atoms with Crippen LogP contribution in [0.15, 0.2) is 45.8 Å². The number of thioether (sulfide) groups is 1. The van der Waals surface area contributed by atoms with Crippen LogP contribution in [-0.2, 0) is 11.2 Å². The molecule has 2 aromatic carbocycles. The standard InChI is InChI=1S/C16H15BrN2OS/c1-9-6-11(17)13(8-12(9)18)19-16(20)15-7-10-4-2-3-5-14(10)21-15/h2-6,8,15H,7,18H2,1H3,(H,19,20). The Labute approximate surface area is 136 Å². The van der Waals surface area contributed by atoms with E-state index >= 15 is 0 Å². The van der Waals surface area contributed by atoms with Crippen molar-refractivity contribution in [1.29, 1.82) is 0 Å². The summed E-state index contributed by atoms with van der Waals surface area (Å²) >= 11 is 5.09. The van der Waals surface area contributed by atoms with E-state index in [1.807, 2.05) is 25.1 Å². The van der Waals surface area contributed by atoms with E-state index in [1.165, 1.54) is 10.5 Å². The zero-order valence-electron chi connectivity index (χ0n) is 11.5. The Balaban J connectivity index is 1.75. The van der Waals surface area contributed by atoms with Gasteiger partial charge in [0.05, 0.1) is 10.9 Å². The molecule has 2 aromatic rings. The van der Waals surface area contributed by atoms with Gasteiger partial charge in [0.2, 0.25) is 5.91 Å². The molecule has 0 bridgehead atoms. The van der Waals surface area contributed by atoms with Crippen LogP contribution in [0.1, 0.15) is 11.1 Å². The van der Waals surface area contributed by atoms with Crippen LogP contribution in [0.5, 0.6) is 0 Å². The van der Waals surface area contributed by atoms with Gasteiger partial charge in [0.25, 0.3) is 0 Å². The second-order valence-corrected chi connectivity index (χ2v) is 7.20. The van der Waals surface area contributed by atoms with Gasteiger partial charge in [-0.25, -0.2) is 0 Å². The average molecular weight is 363 g/mol. The molecule has 1 amide bonds. The molecule has 0 aromatic heterocycles. The van der Waals surface area contributed by atoms with Crippen molar-refractivity contribution in [2.24, 2.45) is 0 Å². The van der Waals surface area contributed by atoms with Gasteiger partial charge in [-0.05, 0) is 58.6 Å². The van der Waals surface area contributed by atoms with Crippen LogP contribution in [0, 0.1) is 6.92 Å². The fourth-order valence-corrected chi connectivity index (χ4v) is 4.08. The smallest absolute Gasteiger partial charge is 0.238 e. The molecule has 0 saturated carbocycles. The largest absolute Gasteiger partial charge is 0.398 e. The van der Waals surface area contributed by atoms with Crippen molar-refractivity contribution in [1.82, 2.24) is 0 Å². The minimum absolute atomic E-state index is 0.0140. The number of hydrogen-bond donors (Lipinski definition) is 2. The lowest BCUT2D eigenvalue weighted by atomic mass is 10.1. The number of hydrogen-bond acceptors (Lipinski definition) is 3. The second-order valence-electron chi connectivity index (χ2n) is 5.10. The first-order chi connectivity index (χ1) is 10.0. The van der Waals surface area contributed by atoms with Gasteiger partial charge in [-0.3, -0.25) is 4.79 Å². The number of nitrogen functional groups attached to an aromatic ring is 1. The molecule has 21 heavy (non-hydrogen) atoms. The van der Waals surface area contributed by atoms with E-state index in [2.05, 4.69) is 33.4 Å². The van der Waals surface area contributed by atoms with E-state index in [0.717, 1.165) is 22.1 Å². The first-order valence-corrected chi connectivity index (χ1v) is 8.33. The Morgan fingerprint density at radius 1 is 1.38 bits per heavy atom. The molecular formula is C16H15BrN2OS. The van der Waals surface area contributed by atoms with Gasteiger partial charge < -0.3 is 11.1 Å². The van der Waals surface area contributed by atoms with Gasteiger partial charge in [0, 0.05) is 15.1 Å². The molecule has 0 aliphatic carbocycles. The third-order valence-corrected chi connectivity index (χ3v) is 5.53. The topological polar surface area (TPSA) is 55.1 Å². The summed E-state index contributed by atoms with van der Waals surface area (Å²) in [7, 11) is 0.